The molecule has 63 heavy (non-hydrogen) atoms. The van der Waals surface area contributed by atoms with E-state index in [1.54, 1.807) is 13.8 Å². The molecular formula is C35H35N7O16S5. The van der Waals surface area contributed by atoms with Gasteiger partial charge < -0.3 is 10.8 Å². The van der Waals surface area contributed by atoms with Gasteiger partial charge >= 0.3 is 0 Å². The lowest BCUT2D eigenvalue weighted by Gasteiger charge is -2.16. The van der Waals surface area contributed by atoms with Crippen molar-refractivity contribution in [3.63, 3.8) is 0 Å². The predicted octanol–water partition coefficient (Wildman–Crippen LogP) is 6.72. The molecule has 4 N–H and O–H groups in total. The van der Waals surface area contributed by atoms with Crippen LogP contribution in [0.3, 0.4) is 0 Å². The number of anilines is 1. The van der Waals surface area contributed by atoms with Crippen molar-refractivity contribution >= 4 is 101 Å². The SMILES string of the molecule is COS(=O)(=O)c1cc(CS(=O)(=O)O)ccc1N=Nc1ccc(N=Nc2cc(S(=O)(=O)OC)c3cc(S(=O)(=O)OC)c(N=Nc4ccc(C)cc4S(=O)(=O)OC)c(O)c3c2N)cc1C. The minimum Gasteiger partial charge on any atom is -0.505 e. The van der Waals surface area contributed by atoms with Crippen LogP contribution in [0.4, 0.5) is 39.8 Å². The lowest BCUT2D eigenvalue weighted by atomic mass is 10.0. The lowest BCUT2D eigenvalue weighted by Crippen LogP contribution is -2.07. The topological polar surface area (TPSA) is 348 Å². The molecule has 0 spiro atoms. The number of aryl methyl sites for hydroxylation is 2. The normalized spacial score (nSPS) is 13.3. The van der Waals surface area contributed by atoms with E-state index in [0.29, 0.717) is 11.1 Å². The molecule has 0 aromatic heterocycles. The minimum absolute atomic E-state index is 0.0728. The van der Waals surface area contributed by atoms with Crippen LogP contribution in [0.25, 0.3) is 10.8 Å². The highest BCUT2D eigenvalue weighted by molar-refractivity contribution is 7.88. The van der Waals surface area contributed by atoms with E-state index in [-0.39, 0.29) is 34.0 Å². The van der Waals surface area contributed by atoms with Gasteiger partial charge in [0.05, 0.1) is 50.9 Å². The number of nitrogens with zero attached hydrogens (tertiary/aromatic N) is 6. The summed E-state index contributed by atoms with van der Waals surface area (Å²) in [4.78, 5) is -2.61. The van der Waals surface area contributed by atoms with E-state index >= 15 is 0 Å². The average molecular weight is 970 g/mol. The van der Waals surface area contributed by atoms with Crippen molar-refractivity contribution in [3.05, 3.63) is 83.4 Å². The Morgan fingerprint density at radius 2 is 1.03 bits per heavy atom. The van der Waals surface area contributed by atoms with Crippen molar-refractivity contribution in [3.8, 4) is 5.75 Å². The van der Waals surface area contributed by atoms with Crippen LogP contribution >= 0.6 is 0 Å². The highest BCUT2D eigenvalue weighted by atomic mass is 32.2. The smallest absolute Gasteiger partial charge is 0.299 e. The third kappa shape index (κ3) is 10.6. The van der Waals surface area contributed by atoms with Crippen LogP contribution in [0.1, 0.15) is 16.7 Å². The minimum atomic E-state index is -4.83. The summed E-state index contributed by atoms with van der Waals surface area (Å²) in [5, 5.41) is 34.7. The zero-order valence-electron chi connectivity index (χ0n) is 33.5. The van der Waals surface area contributed by atoms with Crippen molar-refractivity contribution < 1.29 is 68.5 Å². The first kappa shape index (κ1) is 48.3. The van der Waals surface area contributed by atoms with Gasteiger partial charge in [0.25, 0.3) is 50.6 Å². The Morgan fingerprint density at radius 3 is 1.60 bits per heavy atom. The van der Waals surface area contributed by atoms with Crippen LogP contribution < -0.4 is 5.73 Å². The second-order valence-corrected chi connectivity index (χ2v) is 21.0. The second-order valence-electron chi connectivity index (χ2n) is 12.9. The molecule has 336 valence electrons. The third-order valence-corrected chi connectivity index (χ3v) is 14.6. The third-order valence-electron chi connectivity index (χ3n) is 8.74. The maximum absolute atomic E-state index is 13.3. The van der Waals surface area contributed by atoms with Crippen molar-refractivity contribution in [2.24, 2.45) is 30.7 Å². The Labute approximate surface area is 361 Å². The average Bonchev–Trinajstić information content (AvgIpc) is 3.22. The van der Waals surface area contributed by atoms with E-state index in [1.807, 2.05) is 0 Å². The molecule has 0 fully saturated rings. The number of nitrogens with two attached hydrogens (primary N) is 1. The molecule has 0 bridgehead atoms. The highest BCUT2D eigenvalue weighted by Gasteiger charge is 2.30. The monoisotopic (exact) mass is 969 g/mol. The summed E-state index contributed by atoms with van der Waals surface area (Å²) in [6.45, 7) is 3.16. The van der Waals surface area contributed by atoms with Gasteiger partial charge in [0.15, 0.2) is 5.75 Å². The summed E-state index contributed by atoms with van der Waals surface area (Å²) in [5.41, 5.74) is 5.35. The van der Waals surface area contributed by atoms with Gasteiger partial charge in [0, 0.05) is 5.39 Å². The van der Waals surface area contributed by atoms with Gasteiger partial charge in [-0.1, -0.05) is 12.1 Å². The lowest BCUT2D eigenvalue weighted by molar-refractivity contribution is 0.396. The molecular weight excluding hydrogens is 935 g/mol. The van der Waals surface area contributed by atoms with Crippen molar-refractivity contribution in [2.75, 3.05) is 34.2 Å². The Kier molecular flexibility index (Phi) is 14.0. The molecule has 5 aromatic carbocycles. The first-order valence-corrected chi connectivity index (χ1v) is 24.4. The van der Waals surface area contributed by atoms with E-state index in [2.05, 4.69) is 43.2 Å². The molecule has 0 aliphatic heterocycles. The molecule has 0 atom stereocenters. The molecule has 28 heteroatoms. The Balaban J connectivity index is 1.64. The van der Waals surface area contributed by atoms with Gasteiger partial charge in [0.2, 0.25) is 0 Å². The fourth-order valence-corrected chi connectivity index (χ4v) is 9.63. The summed E-state index contributed by atoms with van der Waals surface area (Å²) >= 11 is 0. The molecule has 0 unspecified atom stereocenters. The van der Waals surface area contributed by atoms with Gasteiger partial charge in [0.1, 0.15) is 48.1 Å². The summed E-state index contributed by atoms with van der Waals surface area (Å²) in [5.74, 6) is -1.92. The fraction of sp³-hybridized carbons (Fsp3) is 0.200. The van der Waals surface area contributed by atoms with Gasteiger partial charge in [-0.05, 0) is 85.1 Å². The Bertz CT molecular complexity index is 3340. The maximum Gasteiger partial charge on any atom is 0.299 e. The molecule has 0 amide bonds. The summed E-state index contributed by atoms with van der Waals surface area (Å²) in [7, 11) is -19.5. The first-order valence-electron chi connectivity index (χ1n) is 17.2. The molecule has 23 nitrogen and oxygen atoms in total. The first-order chi connectivity index (χ1) is 29.3. The number of nitrogen functional groups attached to an aromatic ring is 1. The molecule has 5 aromatic rings. The molecule has 0 aliphatic rings. The standard InChI is InChI=1S/C35H35N7O16S5/c1-19-7-10-25(29(13-19)61(49,50)56-4)40-42-34-31(63(53,54)58-6)16-23-28(60(47,48)55-3)17-27(33(36)32(23)35(34)43)41-37-22-9-12-24(20(2)14-22)38-39-26-11-8-21(18-59(44,45)46)15-30(26)62(51,52)57-5/h7-17,43H,18,36H2,1-6H3,(H,44,45,46). The number of benzene rings is 5. The van der Waals surface area contributed by atoms with Gasteiger partial charge in [-0.2, -0.15) is 52.3 Å². The van der Waals surface area contributed by atoms with E-state index in [1.165, 1.54) is 42.5 Å². The molecule has 0 saturated heterocycles. The van der Waals surface area contributed by atoms with E-state index in [0.717, 1.165) is 52.7 Å². The van der Waals surface area contributed by atoms with Crippen LogP contribution in [0.15, 0.2) is 117 Å². The van der Waals surface area contributed by atoms with Crippen LogP contribution in [-0.4, -0.2) is 80.2 Å². The molecule has 0 saturated carbocycles. The van der Waals surface area contributed by atoms with Gasteiger partial charge in [-0.3, -0.25) is 21.3 Å². The number of hydrogen-bond donors (Lipinski definition) is 3. The maximum atomic E-state index is 13.3. The number of fused-ring (bicyclic) bond motifs is 1. The van der Waals surface area contributed by atoms with Crippen LogP contribution in [0, 0.1) is 13.8 Å². The molecule has 5 rings (SSSR count). The number of phenolic OH excluding ortho intramolecular Hbond substituents is 1. The number of hydrogen-bond acceptors (Lipinski definition) is 22. The number of azo groups is 3. The van der Waals surface area contributed by atoms with E-state index in [9.17, 15) is 51.7 Å². The Morgan fingerprint density at radius 1 is 0.540 bits per heavy atom. The van der Waals surface area contributed by atoms with Gasteiger partial charge in [-0.15, -0.1) is 20.5 Å². The highest BCUT2D eigenvalue weighted by Crippen LogP contribution is 2.49. The van der Waals surface area contributed by atoms with Crippen molar-refractivity contribution in [1.29, 1.82) is 0 Å². The van der Waals surface area contributed by atoms with Gasteiger partial charge in [-0.25, -0.2) is 0 Å². The molecule has 0 radical (unpaired) electrons. The zero-order valence-corrected chi connectivity index (χ0v) is 37.6. The van der Waals surface area contributed by atoms with Crippen LogP contribution in [0.5, 0.6) is 5.75 Å². The van der Waals surface area contributed by atoms with E-state index in [4.69, 9.17) is 9.92 Å². The number of phenols is 1. The molecule has 0 heterocycles. The zero-order chi connectivity index (χ0) is 46.9. The largest absolute Gasteiger partial charge is 0.505 e. The summed E-state index contributed by atoms with van der Waals surface area (Å²) in [6.07, 6.45) is 0. The molecule has 0 aliphatic carbocycles. The Hall–Kier alpha value is -5.69. The quantitative estimate of drug-likeness (QED) is 0.0400. The summed E-state index contributed by atoms with van der Waals surface area (Å²) < 4.78 is 154. The summed E-state index contributed by atoms with van der Waals surface area (Å²) in [6, 6.07) is 13.2. The number of aromatic hydroxyl groups is 1. The van der Waals surface area contributed by atoms with Crippen molar-refractivity contribution in [1.82, 2.24) is 0 Å². The van der Waals surface area contributed by atoms with Crippen molar-refractivity contribution in [2.45, 2.75) is 39.2 Å². The number of rotatable bonds is 16. The van der Waals surface area contributed by atoms with Crippen LogP contribution in [0.2, 0.25) is 0 Å². The second kappa shape index (κ2) is 18.2. The van der Waals surface area contributed by atoms with Crippen LogP contribution in [-0.2, 0) is 73.1 Å². The predicted molar refractivity (Wildman–Crippen MR) is 223 cm³/mol. The van der Waals surface area contributed by atoms with E-state index < -0.39 is 104 Å². The fourth-order valence-electron chi connectivity index (χ4n) is 5.63.